The molecule has 11 nitrogen and oxygen atoms in total. The molecule has 0 radical (unpaired) electrons. The van der Waals surface area contributed by atoms with Crippen molar-refractivity contribution in [3.05, 3.63) is 122 Å². The van der Waals surface area contributed by atoms with Gasteiger partial charge in [-0.1, -0.05) is 148 Å². The number of rotatable bonds is 38. The lowest BCUT2D eigenvalue weighted by molar-refractivity contribution is -0.161. The summed E-state index contributed by atoms with van der Waals surface area (Å²) in [4.78, 5) is 45.9. The van der Waals surface area contributed by atoms with Gasteiger partial charge in [-0.3, -0.25) is 23.4 Å². The second-order valence-corrected chi connectivity index (χ2v) is 15.2. The summed E-state index contributed by atoms with van der Waals surface area (Å²) in [5.74, 6) is -2.58. The summed E-state index contributed by atoms with van der Waals surface area (Å²) in [6.07, 6.45) is 55.7. The zero-order chi connectivity index (χ0) is 44.2. The van der Waals surface area contributed by atoms with Crippen molar-refractivity contribution in [1.29, 1.82) is 0 Å². The predicted molar refractivity (Wildman–Crippen MR) is 244 cm³/mol. The van der Waals surface area contributed by atoms with Crippen LogP contribution in [0.5, 0.6) is 0 Å². The number of ether oxygens (including phenoxy) is 2. The minimum absolute atomic E-state index is 0.0174. The molecule has 0 spiro atoms. The average molecular weight is 856 g/mol. The van der Waals surface area contributed by atoms with Crippen LogP contribution in [0.4, 0.5) is 0 Å². The number of hydrogen-bond acceptors (Lipinski definition) is 9. The minimum Gasteiger partial charge on any atom is -0.480 e. The van der Waals surface area contributed by atoms with E-state index in [1.54, 1.807) is 0 Å². The van der Waals surface area contributed by atoms with Crippen molar-refractivity contribution < 1.29 is 47.5 Å². The number of hydrogen-bond donors (Lipinski definition) is 3. The van der Waals surface area contributed by atoms with Crippen LogP contribution in [0.15, 0.2) is 122 Å². The number of nitrogens with two attached hydrogens (primary N) is 1. The number of esters is 2. The Balaban J connectivity index is 4.62. The van der Waals surface area contributed by atoms with Crippen molar-refractivity contribution in [2.75, 3.05) is 19.8 Å². The maximum absolute atomic E-state index is 12.6. The molecule has 0 aliphatic heterocycles. The van der Waals surface area contributed by atoms with Gasteiger partial charge in [-0.25, -0.2) is 4.57 Å². The van der Waals surface area contributed by atoms with Crippen LogP contribution in [0, 0.1) is 0 Å². The molecule has 12 heteroatoms. The fraction of sp³-hybridized carbons (Fsp3) is 0.521. The molecule has 1 unspecified atom stereocenters. The third-order valence-corrected chi connectivity index (χ3v) is 9.16. The molecule has 0 aliphatic carbocycles. The van der Waals surface area contributed by atoms with Crippen molar-refractivity contribution in [1.82, 2.24) is 0 Å². The van der Waals surface area contributed by atoms with Crippen molar-refractivity contribution >= 4 is 25.7 Å². The lowest BCUT2D eigenvalue weighted by Crippen LogP contribution is -2.34. The topological polar surface area (TPSA) is 172 Å². The van der Waals surface area contributed by atoms with Gasteiger partial charge in [-0.15, -0.1) is 0 Å². The highest BCUT2D eigenvalue weighted by atomic mass is 31.2. The lowest BCUT2D eigenvalue weighted by Gasteiger charge is -2.20. The highest BCUT2D eigenvalue weighted by molar-refractivity contribution is 7.47. The average Bonchev–Trinajstić information content (AvgIpc) is 3.22. The van der Waals surface area contributed by atoms with Gasteiger partial charge in [0.2, 0.25) is 0 Å². The Bertz CT molecular complexity index is 1470. The highest BCUT2D eigenvalue weighted by Crippen LogP contribution is 2.43. The van der Waals surface area contributed by atoms with Gasteiger partial charge in [-0.05, 0) is 89.9 Å². The summed E-state index contributed by atoms with van der Waals surface area (Å²) in [5, 5.41) is 8.89. The zero-order valence-corrected chi connectivity index (χ0v) is 37.1. The van der Waals surface area contributed by atoms with Gasteiger partial charge in [0.05, 0.1) is 13.2 Å². The Morgan fingerprint density at radius 1 is 0.533 bits per heavy atom. The largest absolute Gasteiger partial charge is 0.480 e. The number of allylic oxidation sites excluding steroid dienone is 20. The van der Waals surface area contributed by atoms with Crippen LogP contribution < -0.4 is 5.73 Å². The molecular formula is C48H74NO10P. The summed E-state index contributed by atoms with van der Waals surface area (Å²) in [6.45, 7) is 2.50. The molecular weight excluding hydrogens is 781 g/mol. The first-order valence-electron chi connectivity index (χ1n) is 21.6. The smallest absolute Gasteiger partial charge is 0.472 e. The summed E-state index contributed by atoms with van der Waals surface area (Å²) in [6, 6.07) is -1.55. The SMILES string of the molecule is CC/C=C/C/C=C/C/C=C/C/C=C/C/C=C/CCCC(=O)OC[C@H](COP(=O)(O)OC[C@H](N)C(=O)O)OC(=O)CC/C=C/C/C=C/C/C=C/C/C=C/C/C=C/CCCCC. The molecule has 0 bridgehead atoms. The van der Waals surface area contributed by atoms with E-state index in [-0.39, 0.29) is 12.8 Å². The summed E-state index contributed by atoms with van der Waals surface area (Å²) in [5.41, 5.74) is 5.32. The maximum Gasteiger partial charge on any atom is 0.472 e. The van der Waals surface area contributed by atoms with Gasteiger partial charge < -0.3 is 25.2 Å². The van der Waals surface area contributed by atoms with Crippen LogP contribution in [0.1, 0.15) is 129 Å². The summed E-state index contributed by atoms with van der Waals surface area (Å²) >= 11 is 0. The lowest BCUT2D eigenvalue weighted by atomic mass is 10.2. The number of phosphoric acid groups is 1. The molecule has 0 amide bonds. The highest BCUT2D eigenvalue weighted by Gasteiger charge is 2.28. The predicted octanol–water partition coefficient (Wildman–Crippen LogP) is 11.6. The minimum atomic E-state index is -4.76. The molecule has 0 rings (SSSR count). The van der Waals surface area contributed by atoms with Crippen molar-refractivity contribution in [3.8, 4) is 0 Å². The van der Waals surface area contributed by atoms with E-state index in [9.17, 15) is 23.8 Å². The van der Waals surface area contributed by atoms with Gasteiger partial charge in [-0.2, -0.15) is 0 Å². The van der Waals surface area contributed by atoms with Gasteiger partial charge in [0.15, 0.2) is 6.10 Å². The standard InChI is InChI=1S/C48H74NO10P/c1-3-5-7-9-11-13-15-17-19-21-22-24-26-28-30-32-34-36-38-40-47(51)59-44(42-57-60(54,55)58-43-45(49)48(52)53)41-56-46(50)39-37-35-33-31-29-27-25-23-20-18-16-14-12-10-8-6-4-2/h6,8,11-14,17-20,22,24-25,27-28,30-31,33-34,36,44-45H,3-5,7,9-10,15-16,21,23,26,29,32,35,37-43,49H2,1-2H3,(H,52,53)(H,54,55)/b8-6+,13-11+,14-12+,19-17+,20-18+,24-22+,27-25+,30-28+,33-31+,36-34+/t44-,45+/m1/s1. The molecule has 0 fully saturated rings. The number of carbonyl (C=O) groups is 3. The molecule has 0 aromatic heterocycles. The van der Waals surface area contributed by atoms with Crippen LogP contribution in [-0.4, -0.2) is 59.9 Å². The van der Waals surface area contributed by atoms with E-state index in [0.717, 1.165) is 57.8 Å². The summed E-state index contributed by atoms with van der Waals surface area (Å²) in [7, 11) is -4.76. The van der Waals surface area contributed by atoms with Gasteiger partial charge in [0.25, 0.3) is 0 Å². The van der Waals surface area contributed by atoms with E-state index in [4.69, 9.17) is 24.8 Å². The quantitative estimate of drug-likeness (QED) is 0.0233. The van der Waals surface area contributed by atoms with E-state index in [1.807, 2.05) is 30.4 Å². The zero-order valence-electron chi connectivity index (χ0n) is 36.2. The number of unbranched alkanes of at least 4 members (excludes halogenated alkanes) is 4. The molecule has 0 aliphatic rings. The van der Waals surface area contributed by atoms with Gasteiger partial charge in [0, 0.05) is 12.8 Å². The molecule has 0 aromatic carbocycles. The second-order valence-electron chi connectivity index (χ2n) is 13.7. The Morgan fingerprint density at radius 2 is 0.950 bits per heavy atom. The first kappa shape index (κ1) is 55.9. The number of carboxylic acids is 1. The molecule has 0 aromatic rings. The monoisotopic (exact) mass is 856 g/mol. The second kappa shape index (κ2) is 41.6. The molecule has 0 saturated carbocycles. The van der Waals surface area contributed by atoms with Crippen LogP contribution in [0.3, 0.4) is 0 Å². The normalized spacial score (nSPS) is 14.9. The maximum atomic E-state index is 12.6. The van der Waals surface area contributed by atoms with Crippen LogP contribution in [-0.2, 0) is 37.5 Å². The molecule has 4 N–H and O–H groups in total. The van der Waals surface area contributed by atoms with E-state index in [2.05, 4.69) is 110 Å². The molecule has 336 valence electrons. The van der Waals surface area contributed by atoms with E-state index in [0.29, 0.717) is 25.7 Å². The first-order chi connectivity index (χ1) is 29.1. The number of carboxylic acid groups (broad SMARTS) is 1. The number of aliphatic carboxylic acids is 1. The molecule has 0 saturated heterocycles. The Morgan fingerprint density at radius 3 is 1.40 bits per heavy atom. The van der Waals surface area contributed by atoms with Crippen LogP contribution in [0.2, 0.25) is 0 Å². The Labute approximate surface area is 360 Å². The van der Waals surface area contributed by atoms with Crippen LogP contribution in [0.25, 0.3) is 0 Å². The third-order valence-electron chi connectivity index (χ3n) is 8.21. The first-order valence-corrected chi connectivity index (χ1v) is 23.1. The van der Waals surface area contributed by atoms with Crippen molar-refractivity contribution in [2.24, 2.45) is 5.73 Å². The molecule has 0 heterocycles. The third kappa shape index (κ3) is 40.7. The van der Waals surface area contributed by atoms with Gasteiger partial charge >= 0.3 is 25.7 Å². The number of carbonyl (C=O) groups excluding carboxylic acids is 2. The van der Waals surface area contributed by atoms with Crippen molar-refractivity contribution in [3.63, 3.8) is 0 Å². The van der Waals surface area contributed by atoms with Crippen molar-refractivity contribution in [2.45, 2.75) is 142 Å². The fourth-order valence-corrected chi connectivity index (χ4v) is 5.62. The van der Waals surface area contributed by atoms with E-state index in [1.165, 1.54) is 19.3 Å². The Kier molecular flexibility index (Phi) is 38.8. The fourth-order valence-electron chi connectivity index (χ4n) is 4.85. The summed E-state index contributed by atoms with van der Waals surface area (Å²) < 4.78 is 32.5. The van der Waals surface area contributed by atoms with Gasteiger partial charge in [0.1, 0.15) is 12.6 Å². The molecule has 3 atom stereocenters. The van der Waals surface area contributed by atoms with Crippen LogP contribution >= 0.6 is 7.82 Å². The molecule has 60 heavy (non-hydrogen) atoms. The Hall–Kier alpha value is -4.12. The number of phosphoric ester groups is 1. The van der Waals surface area contributed by atoms with E-state index >= 15 is 0 Å². The van der Waals surface area contributed by atoms with E-state index < -0.39 is 57.7 Å².